The number of methoxy groups -OCH3 is 1. The molecule has 108 valence electrons. The van der Waals surface area contributed by atoms with Gasteiger partial charge in [-0.2, -0.15) is 0 Å². The maximum absolute atomic E-state index is 13.4. The van der Waals surface area contributed by atoms with E-state index in [9.17, 15) is 4.39 Å². The number of hydrogen-bond acceptors (Lipinski definition) is 1. The first-order valence-electron chi connectivity index (χ1n) is 6.32. The average Bonchev–Trinajstić information content (AvgIpc) is 2.41. The molecule has 1 aromatic rings. The largest absolute Gasteiger partial charge is 0.379 e. The third-order valence-corrected chi connectivity index (χ3v) is 4.73. The van der Waals surface area contributed by atoms with Crippen molar-refractivity contribution < 1.29 is 9.13 Å². The number of alkyl halides is 2. The molecule has 0 aliphatic heterocycles. The Morgan fingerprint density at radius 1 is 1.16 bits per heavy atom. The van der Waals surface area contributed by atoms with Gasteiger partial charge in [-0.3, -0.25) is 0 Å². The molecule has 0 aliphatic carbocycles. The van der Waals surface area contributed by atoms with Gasteiger partial charge in [-0.25, -0.2) is 4.39 Å². The zero-order valence-corrected chi connectivity index (χ0v) is 13.2. The molecule has 0 N–H and O–H groups in total. The Balaban J connectivity index is 2.97. The van der Waals surface area contributed by atoms with Crippen molar-refractivity contribution in [2.45, 2.75) is 37.7 Å². The van der Waals surface area contributed by atoms with Crippen LogP contribution < -0.4 is 0 Å². The molecule has 1 nitrogen and oxygen atoms in total. The highest BCUT2D eigenvalue weighted by Gasteiger charge is 2.33. The normalized spacial score (nSPS) is 12.7. The van der Waals surface area contributed by atoms with E-state index in [0.717, 1.165) is 18.4 Å². The molecule has 0 aromatic heterocycles. The summed E-state index contributed by atoms with van der Waals surface area (Å²) in [6.45, 7) is 4.04. The van der Waals surface area contributed by atoms with Crippen molar-refractivity contribution in [1.29, 1.82) is 0 Å². The molecule has 0 unspecified atom stereocenters. The molecular formula is C15H21Cl2FO. The molecule has 0 atom stereocenters. The van der Waals surface area contributed by atoms with E-state index < -0.39 is 5.41 Å². The summed E-state index contributed by atoms with van der Waals surface area (Å²) in [5.41, 5.74) is 0.196. The van der Waals surface area contributed by atoms with Crippen LogP contribution in [-0.2, 0) is 10.2 Å². The second-order valence-electron chi connectivity index (χ2n) is 5.52. The molecule has 1 aromatic carbocycles. The molecule has 0 bridgehead atoms. The maximum atomic E-state index is 13.4. The maximum Gasteiger partial charge on any atom is 0.123 e. The predicted molar refractivity (Wildman–Crippen MR) is 79.8 cm³/mol. The molecule has 4 heteroatoms. The van der Waals surface area contributed by atoms with Crippen LogP contribution in [0, 0.1) is 5.82 Å². The Bertz CT molecular complexity index is 403. The minimum absolute atomic E-state index is 0.239. The zero-order chi connectivity index (χ0) is 14.5. The molecule has 0 saturated carbocycles. The third-order valence-electron chi connectivity index (χ3n) is 3.71. The zero-order valence-electron chi connectivity index (χ0n) is 11.7. The lowest BCUT2D eigenvalue weighted by molar-refractivity contribution is 0.0100. The van der Waals surface area contributed by atoms with Crippen LogP contribution in [0.25, 0.3) is 0 Å². The Morgan fingerprint density at radius 2 is 1.79 bits per heavy atom. The van der Waals surface area contributed by atoms with Crippen LogP contribution in [0.15, 0.2) is 24.3 Å². The summed E-state index contributed by atoms with van der Waals surface area (Å²) >= 11 is 12.3. The van der Waals surface area contributed by atoms with Gasteiger partial charge in [0.1, 0.15) is 5.82 Å². The lowest BCUT2D eigenvalue weighted by atomic mass is 9.78. The molecule has 0 amide bonds. The molecule has 0 saturated heterocycles. The van der Waals surface area contributed by atoms with Crippen molar-refractivity contribution >= 4 is 23.2 Å². The van der Waals surface area contributed by atoms with E-state index in [1.54, 1.807) is 13.2 Å². The van der Waals surface area contributed by atoms with Gasteiger partial charge in [-0.15, -0.1) is 23.2 Å². The quantitative estimate of drug-likeness (QED) is 0.661. The molecule has 0 aliphatic rings. The minimum Gasteiger partial charge on any atom is -0.379 e. The Hall–Kier alpha value is -0.310. The van der Waals surface area contributed by atoms with Crippen molar-refractivity contribution in [3.05, 3.63) is 35.6 Å². The first kappa shape index (κ1) is 16.7. The van der Waals surface area contributed by atoms with E-state index in [-0.39, 0.29) is 11.4 Å². The molecular weight excluding hydrogens is 286 g/mol. The van der Waals surface area contributed by atoms with Gasteiger partial charge in [0.15, 0.2) is 0 Å². The van der Waals surface area contributed by atoms with Crippen LogP contribution in [0.4, 0.5) is 4.39 Å². The molecule has 0 radical (unpaired) electrons. The smallest absolute Gasteiger partial charge is 0.123 e. The van der Waals surface area contributed by atoms with Gasteiger partial charge >= 0.3 is 0 Å². The predicted octanol–water partition coefficient (Wildman–Crippen LogP) is 4.75. The summed E-state index contributed by atoms with van der Waals surface area (Å²) in [7, 11) is 1.69. The van der Waals surface area contributed by atoms with Crippen molar-refractivity contribution in [1.82, 2.24) is 0 Å². The molecule has 0 spiro atoms. The molecule has 0 fully saturated rings. The van der Waals surface area contributed by atoms with Gasteiger partial charge in [0.05, 0.1) is 5.60 Å². The van der Waals surface area contributed by atoms with Crippen LogP contribution in [0.2, 0.25) is 0 Å². The summed E-state index contributed by atoms with van der Waals surface area (Å²) in [6, 6.07) is 6.52. The van der Waals surface area contributed by atoms with E-state index in [1.807, 2.05) is 19.9 Å². The van der Waals surface area contributed by atoms with Crippen molar-refractivity contribution in [2.75, 3.05) is 18.9 Å². The van der Waals surface area contributed by atoms with Crippen molar-refractivity contribution in [2.24, 2.45) is 0 Å². The standard InChI is InChI=1S/C15H21Cl2FO/c1-14(2,19-3)7-8-15(10-16,11-17)12-5-4-6-13(18)9-12/h4-6,9H,7-8,10-11H2,1-3H3. The fraction of sp³-hybridized carbons (Fsp3) is 0.600. The van der Waals surface area contributed by atoms with Gasteiger partial charge < -0.3 is 4.74 Å². The number of ether oxygens (including phenoxy) is 1. The number of hydrogen-bond donors (Lipinski definition) is 0. The van der Waals surface area contributed by atoms with Gasteiger partial charge in [0, 0.05) is 24.3 Å². The van der Waals surface area contributed by atoms with Crippen molar-refractivity contribution in [3.63, 3.8) is 0 Å². The third kappa shape index (κ3) is 4.34. The highest BCUT2D eigenvalue weighted by atomic mass is 35.5. The highest BCUT2D eigenvalue weighted by molar-refractivity contribution is 6.22. The average molecular weight is 307 g/mol. The van der Waals surface area contributed by atoms with E-state index >= 15 is 0 Å². The van der Waals surface area contributed by atoms with Crippen LogP contribution in [0.3, 0.4) is 0 Å². The lowest BCUT2D eigenvalue weighted by Gasteiger charge is -2.34. The number of rotatable bonds is 7. The first-order valence-corrected chi connectivity index (χ1v) is 7.39. The van der Waals surface area contributed by atoms with Gasteiger partial charge in [0.25, 0.3) is 0 Å². The Morgan fingerprint density at radius 3 is 2.26 bits per heavy atom. The van der Waals surface area contributed by atoms with Crippen LogP contribution >= 0.6 is 23.2 Å². The number of benzene rings is 1. The fourth-order valence-electron chi connectivity index (χ4n) is 1.93. The van der Waals surface area contributed by atoms with Gasteiger partial charge in [-0.1, -0.05) is 12.1 Å². The second kappa shape index (κ2) is 6.92. The summed E-state index contributed by atoms with van der Waals surface area (Å²) in [6.07, 6.45) is 1.56. The van der Waals surface area contributed by atoms with Crippen LogP contribution in [-0.4, -0.2) is 24.5 Å². The van der Waals surface area contributed by atoms with Crippen LogP contribution in [0.1, 0.15) is 32.3 Å². The topological polar surface area (TPSA) is 9.23 Å². The minimum atomic E-state index is -0.416. The summed E-state index contributed by atoms with van der Waals surface area (Å²) in [4.78, 5) is 0. The Kier molecular flexibility index (Phi) is 6.10. The number of halogens is 3. The molecule has 1 rings (SSSR count). The van der Waals surface area contributed by atoms with Crippen LogP contribution in [0.5, 0.6) is 0 Å². The van der Waals surface area contributed by atoms with E-state index in [2.05, 4.69) is 0 Å². The van der Waals surface area contributed by atoms with E-state index in [4.69, 9.17) is 27.9 Å². The summed E-state index contributed by atoms with van der Waals surface area (Å²) < 4.78 is 18.8. The van der Waals surface area contributed by atoms with Gasteiger partial charge in [-0.05, 0) is 44.4 Å². The SMILES string of the molecule is COC(C)(C)CCC(CCl)(CCl)c1cccc(F)c1. The first-order chi connectivity index (χ1) is 8.89. The lowest BCUT2D eigenvalue weighted by Crippen LogP contribution is -2.34. The van der Waals surface area contributed by atoms with E-state index in [1.165, 1.54) is 12.1 Å². The van der Waals surface area contributed by atoms with E-state index in [0.29, 0.717) is 11.8 Å². The summed E-state index contributed by atoms with van der Waals surface area (Å²) in [5, 5.41) is 0. The fourth-order valence-corrected chi connectivity index (χ4v) is 2.79. The van der Waals surface area contributed by atoms with Crippen molar-refractivity contribution in [3.8, 4) is 0 Å². The van der Waals surface area contributed by atoms with Gasteiger partial charge in [0.2, 0.25) is 0 Å². The molecule has 19 heavy (non-hydrogen) atoms. The second-order valence-corrected chi connectivity index (χ2v) is 6.06. The summed E-state index contributed by atoms with van der Waals surface area (Å²) in [5.74, 6) is 0.461. The Labute approximate surface area is 125 Å². The highest BCUT2D eigenvalue weighted by Crippen LogP contribution is 2.35. The monoisotopic (exact) mass is 306 g/mol. The molecule has 0 heterocycles.